The Balaban J connectivity index is 2.04. The van der Waals surface area contributed by atoms with Gasteiger partial charge in [0, 0.05) is 18.4 Å². The second kappa shape index (κ2) is 6.70. The summed E-state index contributed by atoms with van der Waals surface area (Å²) < 4.78 is 27.9. The first-order valence-electron chi connectivity index (χ1n) is 6.82. The van der Waals surface area contributed by atoms with Gasteiger partial charge in [-0.05, 0) is 35.9 Å². The fourth-order valence-corrected chi connectivity index (χ4v) is 2.62. The highest BCUT2D eigenvalue weighted by molar-refractivity contribution is 7.90. The van der Waals surface area contributed by atoms with E-state index in [1.165, 1.54) is 19.2 Å². The highest BCUT2D eigenvalue weighted by Gasteiger charge is 2.10. The zero-order valence-electron chi connectivity index (χ0n) is 12.9. The molecule has 2 rings (SSSR count). The maximum Gasteiger partial charge on any atom is 0.251 e. The minimum atomic E-state index is -3.22. The Hall–Kier alpha value is -2.54. The van der Waals surface area contributed by atoms with Crippen LogP contribution in [0.2, 0.25) is 0 Å². The zero-order chi connectivity index (χ0) is 17.0. The monoisotopic (exact) mass is 334 g/mol. The molecule has 3 N–H and O–H groups in total. The summed E-state index contributed by atoms with van der Waals surface area (Å²) >= 11 is 0. The zero-order valence-corrected chi connectivity index (χ0v) is 13.7. The number of sulfone groups is 1. The number of hydrogen-bond acceptors (Lipinski definition) is 5. The molecule has 0 spiro atoms. The van der Waals surface area contributed by atoms with Crippen LogP contribution in [0.3, 0.4) is 0 Å². The minimum Gasteiger partial charge on any atom is -0.495 e. The second-order valence-electron chi connectivity index (χ2n) is 5.06. The molecule has 2 aromatic rings. The van der Waals surface area contributed by atoms with Crippen molar-refractivity contribution in [1.82, 2.24) is 5.32 Å². The van der Waals surface area contributed by atoms with Crippen LogP contribution in [0.5, 0.6) is 5.75 Å². The molecule has 0 atom stereocenters. The highest BCUT2D eigenvalue weighted by atomic mass is 32.2. The number of nitrogen functional groups attached to an aromatic ring is 1. The summed E-state index contributed by atoms with van der Waals surface area (Å²) in [4.78, 5) is 12.4. The van der Waals surface area contributed by atoms with E-state index < -0.39 is 9.84 Å². The van der Waals surface area contributed by atoms with Crippen molar-refractivity contribution in [3.05, 3.63) is 53.6 Å². The first-order chi connectivity index (χ1) is 10.8. The molecule has 0 bridgehead atoms. The van der Waals surface area contributed by atoms with Crippen LogP contribution < -0.4 is 15.8 Å². The number of methoxy groups -OCH3 is 1. The van der Waals surface area contributed by atoms with Crippen molar-refractivity contribution in [2.45, 2.75) is 11.4 Å². The number of carbonyl (C=O) groups excluding carboxylic acids is 1. The highest BCUT2D eigenvalue weighted by Crippen LogP contribution is 2.22. The van der Waals surface area contributed by atoms with Crippen LogP contribution in [0.4, 0.5) is 5.69 Å². The van der Waals surface area contributed by atoms with Crippen molar-refractivity contribution >= 4 is 21.4 Å². The van der Waals surface area contributed by atoms with Gasteiger partial charge in [0.2, 0.25) is 0 Å². The molecule has 0 radical (unpaired) electrons. The summed E-state index contributed by atoms with van der Waals surface area (Å²) in [6.45, 7) is 0.287. The third-order valence-corrected chi connectivity index (χ3v) is 4.43. The van der Waals surface area contributed by atoms with E-state index in [2.05, 4.69) is 5.32 Å². The lowest BCUT2D eigenvalue weighted by molar-refractivity contribution is 0.0950. The average molecular weight is 334 g/mol. The summed E-state index contributed by atoms with van der Waals surface area (Å²) in [5.41, 5.74) is 7.40. The lowest BCUT2D eigenvalue weighted by atomic mass is 10.1. The van der Waals surface area contributed by atoms with Gasteiger partial charge >= 0.3 is 0 Å². The standard InChI is InChI=1S/C16H18N2O4S/c1-22-15-9-12(5-8-14(15)17)16(19)18-10-11-3-6-13(7-4-11)23(2,20)21/h3-9H,10,17H2,1-2H3,(H,18,19). The van der Waals surface area contributed by atoms with E-state index >= 15 is 0 Å². The van der Waals surface area contributed by atoms with E-state index in [1.807, 2.05) is 0 Å². The molecular formula is C16H18N2O4S. The second-order valence-corrected chi connectivity index (χ2v) is 7.07. The molecular weight excluding hydrogens is 316 g/mol. The van der Waals surface area contributed by atoms with Gasteiger partial charge in [0.25, 0.3) is 5.91 Å². The van der Waals surface area contributed by atoms with E-state index in [0.29, 0.717) is 17.0 Å². The van der Waals surface area contributed by atoms with E-state index in [-0.39, 0.29) is 17.3 Å². The molecule has 7 heteroatoms. The number of nitrogens with two attached hydrogens (primary N) is 1. The molecule has 6 nitrogen and oxygen atoms in total. The number of benzene rings is 2. The maximum absolute atomic E-state index is 12.1. The van der Waals surface area contributed by atoms with Gasteiger partial charge in [-0.1, -0.05) is 12.1 Å². The third-order valence-electron chi connectivity index (χ3n) is 3.30. The number of ether oxygens (including phenoxy) is 1. The van der Waals surface area contributed by atoms with Gasteiger partial charge in [-0.15, -0.1) is 0 Å². The van der Waals surface area contributed by atoms with Crippen LogP contribution >= 0.6 is 0 Å². The van der Waals surface area contributed by atoms with Crippen molar-refractivity contribution in [2.75, 3.05) is 19.1 Å². The molecule has 0 saturated carbocycles. The van der Waals surface area contributed by atoms with Gasteiger partial charge in [-0.3, -0.25) is 4.79 Å². The Morgan fingerprint density at radius 2 is 1.83 bits per heavy atom. The van der Waals surface area contributed by atoms with Gasteiger partial charge in [-0.2, -0.15) is 0 Å². The molecule has 1 amide bonds. The lowest BCUT2D eigenvalue weighted by Crippen LogP contribution is -2.22. The number of carbonyl (C=O) groups is 1. The molecule has 0 fully saturated rings. The lowest BCUT2D eigenvalue weighted by Gasteiger charge is -2.09. The van der Waals surface area contributed by atoms with Gasteiger partial charge in [0.1, 0.15) is 5.75 Å². The summed E-state index contributed by atoms with van der Waals surface area (Å²) in [5.74, 6) is 0.172. The van der Waals surface area contributed by atoms with Crippen LogP contribution in [-0.4, -0.2) is 27.7 Å². The summed E-state index contributed by atoms with van der Waals surface area (Å²) in [6, 6.07) is 11.2. The van der Waals surface area contributed by atoms with Crippen molar-refractivity contribution in [2.24, 2.45) is 0 Å². The quantitative estimate of drug-likeness (QED) is 0.810. The van der Waals surface area contributed by atoms with Gasteiger partial charge in [0.05, 0.1) is 17.7 Å². The summed E-state index contributed by atoms with van der Waals surface area (Å²) in [5, 5.41) is 2.76. The Kier molecular flexibility index (Phi) is 4.90. The Bertz CT molecular complexity index is 814. The molecule has 0 saturated heterocycles. The molecule has 0 aliphatic heterocycles. The molecule has 0 heterocycles. The molecule has 0 unspecified atom stereocenters. The summed E-state index contributed by atoms with van der Waals surface area (Å²) in [6.07, 6.45) is 1.15. The molecule has 2 aromatic carbocycles. The van der Waals surface area contributed by atoms with Crippen LogP contribution in [-0.2, 0) is 16.4 Å². The van der Waals surface area contributed by atoms with Gasteiger partial charge in [0.15, 0.2) is 9.84 Å². The largest absolute Gasteiger partial charge is 0.495 e. The Morgan fingerprint density at radius 1 is 1.17 bits per heavy atom. The van der Waals surface area contributed by atoms with E-state index in [1.54, 1.807) is 30.3 Å². The number of nitrogens with one attached hydrogen (secondary N) is 1. The minimum absolute atomic E-state index is 0.246. The first-order valence-corrected chi connectivity index (χ1v) is 8.71. The SMILES string of the molecule is COc1cc(C(=O)NCc2ccc(S(C)(=O)=O)cc2)ccc1N. The number of rotatable bonds is 5. The predicted octanol–water partition coefficient (Wildman–Crippen LogP) is 1.61. The Labute approximate surface area is 135 Å². The van der Waals surface area contributed by atoms with Crippen LogP contribution in [0.25, 0.3) is 0 Å². The molecule has 122 valence electrons. The van der Waals surface area contributed by atoms with Crippen LogP contribution in [0.15, 0.2) is 47.4 Å². The van der Waals surface area contributed by atoms with Gasteiger partial charge in [-0.25, -0.2) is 8.42 Å². The topological polar surface area (TPSA) is 98.5 Å². The first kappa shape index (κ1) is 16.8. The van der Waals surface area contributed by atoms with Crippen LogP contribution in [0.1, 0.15) is 15.9 Å². The maximum atomic E-state index is 12.1. The van der Waals surface area contributed by atoms with Crippen LogP contribution in [0, 0.1) is 0 Å². The van der Waals surface area contributed by atoms with Crippen molar-refractivity contribution in [3.8, 4) is 5.75 Å². The molecule has 0 aromatic heterocycles. The van der Waals surface area contributed by atoms with Crippen molar-refractivity contribution in [1.29, 1.82) is 0 Å². The predicted molar refractivity (Wildman–Crippen MR) is 88.1 cm³/mol. The smallest absolute Gasteiger partial charge is 0.251 e. The fourth-order valence-electron chi connectivity index (χ4n) is 1.99. The number of amides is 1. The third kappa shape index (κ3) is 4.23. The number of anilines is 1. The van der Waals surface area contributed by atoms with Gasteiger partial charge < -0.3 is 15.8 Å². The molecule has 0 aliphatic carbocycles. The molecule has 23 heavy (non-hydrogen) atoms. The van der Waals surface area contributed by atoms with E-state index in [9.17, 15) is 13.2 Å². The summed E-state index contributed by atoms with van der Waals surface area (Å²) in [7, 11) is -1.74. The number of hydrogen-bond donors (Lipinski definition) is 2. The van der Waals surface area contributed by atoms with Crippen molar-refractivity contribution in [3.63, 3.8) is 0 Å². The molecule has 0 aliphatic rings. The van der Waals surface area contributed by atoms with E-state index in [4.69, 9.17) is 10.5 Å². The normalized spacial score (nSPS) is 11.0. The van der Waals surface area contributed by atoms with E-state index in [0.717, 1.165) is 11.8 Å². The van der Waals surface area contributed by atoms with Crippen molar-refractivity contribution < 1.29 is 17.9 Å². The average Bonchev–Trinajstić information content (AvgIpc) is 2.52. The Morgan fingerprint density at radius 3 is 2.39 bits per heavy atom. The fraction of sp³-hybridized carbons (Fsp3) is 0.188.